The van der Waals surface area contributed by atoms with Crippen molar-refractivity contribution in [2.24, 2.45) is 0 Å². The molecule has 0 bridgehead atoms. The molecule has 17 heavy (non-hydrogen) atoms. The molecule has 3 unspecified atom stereocenters. The van der Waals surface area contributed by atoms with Crippen molar-refractivity contribution in [2.75, 3.05) is 39.4 Å². The van der Waals surface area contributed by atoms with Gasteiger partial charge in [-0.05, 0) is 6.92 Å². The van der Waals surface area contributed by atoms with Crippen LogP contribution in [0.25, 0.3) is 0 Å². The van der Waals surface area contributed by atoms with Crippen LogP contribution >= 0.6 is 0 Å². The van der Waals surface area contributed by atoms with Crippen LogP contribution in [0.1, 0.15) is 6.92 Å². The molecule has 0 aromatic heterocycles. The topological polar surface area (TPSA) is 73.8 Å². The maximum Gasteiger partial charge on any atom is 0.238 e. The number of rotatable bonds is 3. The summed E-state index contributed by atoms with van der Waals surface area (Å²) in [5.74, 6) is 0.0267. The first-order valence-corrected chi connectivity index (χ1v) is 6.24. The molecule has 1 amide bonds. The zero-order valence-electron chi connectivity index (χ0n) is 10.2. The molecular formula is C11H21N3O3. The lowest BCUT2D eigenvalue weighted by molar-refractivity contribution is -0.128. The van der Waals surface area contributed by atoms with Crippen LogP contribution in [0.2, 0.25) is 0 Å². The Bertz CT molecular complexity index is 275. The first-order chi connectivity index (χ1) is 8.24. The van der Waals surface area contributed by atoms with Crippen LogP contribution in [0, 0.1) is 0 Å². The SMILES string of the molecule is CCNC(=O)C1CNCCN1C1COCC1O. The van der Waals surface area contributed by atoms with Crippen LogP contribution in [0.5, 0.6) is 0 Å². The monoisotopic (exact) mass is 243 g/mol. The Hall–Kier alpha value is -0.690. The summed E-state index contributed by atoms with van der Waals surface area (Å²) >= 11 is 0. The molecule has 0 radical (unpaired) electrons. The van der Waals surface area contributed by atoms with Gasteiger partial charge in [-0.2, -0.15) is 0 Å². The van der Waals surface area contributed by atoms with Crippen LogP contribution in [0.4, 0.5) is 0 Å². The Kier molecular flexibility index (Phi) is 4.33. The van der Waals surface area contributed by atoms with Crippen LogP contribution in [-0.2, 0) is 9.53 Å². The van der Waals surface area contributed by atoms with Gasteiger partial charge in [-0.25, -0.2) is 0 Å². The van der Waals surface area contributed by atoms with E-state index in [2.05, 4.69) is 15.5 Å². The minimum absolute atomic E-state index is 0.0267. The molecule has 0 saturated carbocycles. The zero-order chi connectivity index (χ0) is 12.3. The second-order valence-corrected chi connectivity index (χ2v) is 4.52. The van der Waals surface area contributed by atoms with E-state index in [0.717, 1.165) is 13.1 Å². The summed E-state index contributed by atoms with van der Waals surface area (Å²) < 4.78 is 5.27. The van der Waals surface area contributed by atoms with Gasteiger partial charge >= 0.3 is 0 Å². The summed E-state index contributed by atoms with van der Waals surface area (Å²) in [5, 5.41) is 15.9. The number of aliphatic hydroxyl groups is 1. The number of piperazine rings is 1. The maximum atomic E-state index is 12.0. The molecule has 0 aliphatic carbocycles. The van der Waals surface area contributed by atoms with Crippen molar-refractivity contribution in [2.45, 2.75) is 25.1 Å². The van der Waals surface area contributed by atoms with E-state index in [0.29, 0.717) is 26.3 Å². The second kappa shape index (κ2) is 5.77. The fraction of sp³-hybridized carbons (Fsp3) is 0.909. The van der Waals surface area contributed by atoms with Crippen molar-refractivity contribution in [1.29, 1.82) is 0 Å². The normalized spacial score (nSPS) is 34.8. The lowest BCUT2D eigenvalue weighted by Gasteiger charge is -2.39. The van der Waals surface area contributed by atoms with Crippen molar-refractivity contribution in [1.82, 2.24) is 15.5 Å². The van der Waals surface area contributed by atoms with Gasteiger partial charge in [0.1, 0.15) is 6.04 Å². The maximum absolute atomic E-state index is 12.0. The number of likely N-dealkylation sites (N-methyl/N-ethyl adjacent to an activating group) is 1. The molecule has 2 saturated heterocycles. The number of amides is 1. The van der Waals surface area contributed by atoms with E-state index in [1.807, 2.05) is 6.92 Å². The third-order valence-electron chi connectivity index (χ3n) is 3.39. The molecule has 2 heterocycles. The standard InChI is InChI=1S/C11H21N3O3/c1-2-13-11(16)8-5-12-3-4-14(8)9-6-17-7-10(9)15/h8-10,12,15H,2-7H2,1H3,(H,13,16). The first kappa shape index (κ1) is 12.8. The largest absolute Gasteiger partial charge is 0.389 e. The Balaban J connectivity index is 2.03. The van der Waals surface area contributed by atoms with Crippen molar-refractivity contribution in [3.63, 3.8) is 0 Å². The van der Waals surface area contributed by atoms with Gasteiger partial charge in [-0.15, -0.1) is 0 Å². The van der Waals surface area contributed by atoms with Crippen molar-refractivity contribution < 1.29 is 14.6 Å². The Morgan fingerprint density at radius 3 is 3.06 bits per heavy atom. The van der Waals surface area contributed by atoms with E-state index in [1.54, 1.807) is 0 Å². The summed E-state index contributed by atoms with van der Waals surface area (Å²) in [6.45, 7) is 5.67. The number of nitrogens with one attached hydrogen (secondary N) is 2. The van der Waals surface area contributed by atoms with E-state index in [-0.39, 0.29) is 18.0 Å². The van der Waals surface area contributed by atoms with Crippen LogP contribution < -0.4 is 10.6 Å². The number of ether oxygens (including phenoxy) is 1. The van der Waals surface area contributed by atoms with E-state index in [4.69, 9.17) is 4.74 Å². The summed E-state index contributed by atoms with van der Waals surface area (Å²) in [5.41, 5.74) is 0. The summed E-state index contributed by atoms with van der Waals surface area (Å²) in [7, 11) is 0. The molecule has 98 valence electrons. The minimum Gasteiger partial charge on any atom is -0.389 e. The average molecular weight is 243 g/mol. The Morgan fingerprint density at radius 1 is 1.59 bits per heavy atom. The number of hydrogen-bond donors (Lipinski definition) is 3. The van der Waals surface area contributed by atoms with Gasteiger partial charge in [0, 0.05) is 26.2 Å². The summed E-state index contributed by atoms with van der Waals surface area (Å²) in [4.78, 5) is 14.0. The van der Waals surface area contributed by atoms with Gasteiger partial charge in [0.05, 0.1) is 25.4 Å². The van der Waals surface area contributed by atoms with Crippen molar-refractivity contribution >= 4 is 5.91 Å². The molecule has 2 aliphatic rings. The van der Waals surface area contributed by atoms with Gasteiger partial charge in [0.15, 0.2) is 0 Å². The Labute approximate surface area is 101 Å². The first-order valence-electron chi connectivity index (χ1n) is 6.24. The number of nitrogens with zero attached hydrogens (tertiary/aromatic N) is 1. The van der Waals surface area contributed by atoms with Crippen LogP contribution in [0.15, 0.2) is 0 Å². The van der Waals surface area contributed by atoms with Crippen molar-refractivity contribution in [3.05, 3.63) is 0 Å². The highest BCUT2D eigenvalue weighted by molar-refractivity contribution is 5.82. The molecule has 0 aromatic carbocycles. The number of carbonyl (C=O) groups is 1. The van der Waals surface area contributed by atoms with Crippen molar-refractivity contribution in [3.8, 4) is 0 Å². The molecule has 6 heteroatoms. The molecule has 2 fully saturated rings. The molecule has 2 rings (SSSR count). The molecule has 2 aliphatic heterocycles. The smallest absolute Gasteiger partial charge is 0.238 e. The van der Waals surface area contributed by atoms with E-state index in [1.165, 1.54) is 0 Å². The molecule has 3 N–H and O–H groups in total. The quantitative estimate of drug-likeness (QED) is 0.543. The summed E-state index contributed by atoms with van der Waals surface area (Å²) in [6.07, 6.45) is -0.481. The third kappa shape index (κ3) is 2.77. The molecule has 0 aromatic rings. The zero-order valence-corrected chi connectivity index (χ0v) is 10.2. The molecule has 6 nitrogen and oxygen atoms in total. The number of aliphatic hydroxyl groups excluding tert-OH is 1. The number of carbonyl (C=O) groups excluding carboxylic acids is 1. The fourth-order valence-corrected chi connectivity index (χ4v) is 2.50. The lowest BCUT2D eigenvalue weighted by atomic mass is 10.1. The van der Waals surface area contributed by atoms with Gasteiger partial charge in [-0.1, -0.05) is 0 Å². The average Bonchev–Trinajstić information content (AvgIpc) is 2.76. The summed E-state index contributed by atoms with van der Waals surface area (Å²) in [6, 6.07) is -0.255. The molecular weight excluding hydrogens is 222 g/mol. The highest BCUT2D eigenvalue weighted by Gasteiger charge is 2.39. The van der Waals surface area contributed by atoms with Gasteiger partial charge < -0.3 is 20.5 Å². The van der Waals surface area contributed by atoms with Gasteiger partial charge in [0.2, 0.25) is 5.91 Å². The highest BCUT2D eigenvalue weighted by atomic mass is 16.5. The second-order valence-electron chi connectivity index (χ2n) is 4.52. The fourth-order valence-electron chi connectivity index (χ4n) is 2.50. The van der Waals surface area contributed by atoms with Gasteiger partial charge in [-0.3, -0.25) is 9.69 Å². The molecule has 0 spiro atoms. The highest BCUT2D eigenvalue weighted by Crippen LogP contribution is 2.17. The van der Waals surface area contributed by atoms with Crippen LogP contribution in [-0.4, -0.2) is 73.5 Å². The van der Waals surface area contributed by atoms with Crippen LogP contribution in [0.3, 0.4) is 0 Å². The van der Waals surface area contributed by atoms with E-state index in [9.17, 15) is 9.90 Å². The Morgan fingerprint density at radius 2 is 2.41 bits per heavy atom. The van der Waals surface area contributed by atoms with E-state index >= 15 is 0 Å². The molecule has 3 atom stereocenters. The van der Waals surface area contributed by atoms with Gasteiger partial charge in [0.25, 0.3) is 0 Å². The third-order valence-corrected chi connectivity index (χ3v) is 3.39. The van der Waals surface area contributed by atoms with E-state index < -0.39 is 6.10 Å². The minimum atomic E-state index is -0.481. The predicted octanol–water partition coefficient (Wildman–Crippen LogP) is -1.84. The lowest BCUT2D eigenvalue weighted by Crippen LogP contribution is -2.62. The predicted molar refractivity (Wildman–Crippen MR) is 62.7 cm³/mol. The number of hydrogen-bond acceptors (Lipinski definition) is 5.